The summed E-state index contributed by atoms with van der Waals surface area (Å²) in [5, 5.41) is 13.0. The van der Waals surface area contributed by atoms with Crippen molar-refractivity contribution in [3.63, 3.8) is 0 Å². The van der Waals surface area contributed by atoms with Gasteiger partial charge in [0.2, 0.25) is 0 Å². The zero-order valence-electron chi connectivity index (χ0n) is 18.1. The minimum absolute atomic E-state index is 0.0153. The molecule has 0 amide bonds. The van der Waals surface area contributed by atoms with Gasteiger partial charge in [-0.2, -0.15) is 0 Å². The second-order valence-corrected chi connectivity index (χ2v) is 21.9. The van der Waals surface area contributed by atoms with Gasteiger partial charge >= 0.3 is 8.56 Å². The van der Waals surface area contributed by atoms with Gasteiger partial charge in [-0.25, -0.2) is 0 Å². The Kier molecular flexibility index (Phi) is 11.7. The maximum Gasteiger partial charge on any atom is 0.314 e. The predicted octanol–water partition coefficient (Wildman–Crippen LogP) is 4.33. The summed E-state index contributed by atoms with van der Waals surface area (Å²) in [6.45, 7) is 21.6. The molecule has 156 valence electrons. The number of unbranched alkanes of at least 4 members (excludes halogenated alkanes) is 1. The highest BCUT2D eigenvalue weighted by molar-refractivity contribution is 6.87. The molecule has 0 aromatic carbocycles. The van der Waals surface area contributed by atoms with E-state index >= 15 is 0 Å². The van der Waals surface area contributed by atoms with Crippen LogP contribution in [0.15, 0.2) is 5.16 Å². The molecule has 6 nitrogen and oxygen atoms in total. The number of aliphatic hydroxyl groups is 1. The standard InChI is InChI=1S/C17H41NO5Si3/c1-16(14-17(19)15-21-18-2)20-12-10-11-13-26(9,22-24(3,4)5)23-25(6,7)8/h16-17,19H,2,10-15H2,1,3-9H3. The molecule has 0 fully saturated rings. The van der Waals surface area contributed by atoms with E-state index in [1.807, 2.05) is 6.92 Å². The van der Waals surface area contributed by atoms with Crippen LogP contribution >= 0.6 is 0 Å². The Hall–Kier alpha value is -0.0394. The Balaban J connectivity index is 4.24. The average Bonchev–Trinajstić information content (AvgIpc) is 2.40. The topological polar surface area (TPSA) is 69.5 Å². The van der Waals surface area contributed by atoms with Crippen LogP contribution in [0.4, 0.5) is 0 Å². The van der Waals surface area contributed by atoms with Crippen LogP contribution in [0, 0.1) is 0 Å². The second-order valence-electron chi connectivity index (χ2n) is 9.02. The van der Waals surface area contributed by atoms with Crippen LogP contribution in [-0.2, 0) is 17.8 Å². The smallest absolute Gasteiger partial charge is 0.314 e. The Bertz CT molecular complexity index is 383. The minimum atomic E-state index is -2.14. The van der Waals surface area contributed by atoms with Gasteiger partial charge in [-0.15, -0.1) is 5.16 Å². The summed E-state index contributed by atoms with van der Waals surface area (Å²) in [7, 11) is -5.41. The molecular formula is C17H41NO5Si3. The summed E-state index contributed by atoms with van der Waals surface area (Å²) in [4.78, 5) is 4.75. The van der Waals surface area contributed by atoms with Crippen molar-refractivity contribution in [3.05, 3.63) is 0 Å². The first kappa shape index (κ1) is 26.0. The highest BCUT2D eigenvalue weighted by atomic mass is 28.5. The Labute approximate surface area is 163 Å². The number of oxime groups is 1. The quantitative estimate of drug-likeness (QED) is 0.184. The number of hydrogen-bond donors (Lipinski definition) is 1. The Morgan fingerprint density at radius 1 is 0.962 bits per heavy atom. The van der Waals surface area contributed by atoms with Crippen LogP contribution in [0.2, 0.25) is 51.9 Å². The van der Waals surface area contributed by atoms with E-state index in [0.29, 0.717) is 13.0 Å². The molecule has 0 rings (SSSR count). The third-order valence-corrected chi connectivity index (χ3v) is 13.0. The van der Waals surface area contributed by atoms with Gasteiger partial charge in [0.15, 0.2) is 16.6 Å². The first-order chi connectivity index (χ1) is 11.8. The number of hydrogen-bond acceptors (Lipinski definition) is 6. The zero-order chi connectivity index (χ0) is 20.4. The molecule has 2 unspecified atom stereocenters. The third-order valence-electron chi connectivity index (χ3n) is 3.43. The summed E-state index contributed by atoms with van der Waals surface area (Å²) < 4.78 is 18.8. The third kappa shape index (κ3) is 15.1. The van der Waals surface area contributed by atoms with Crippen LogP contribution in [0.1, 0.15) is 26.2 Å². The number of aliphatic hydroxyl groups excluding tert-OH is 1. The molecule has 0 saturated carbocycles. The molecule has 0 aliphatic carbocycles. The van der Waals surface area contributed by atoms with E-state index in [1.165, 1.54) is 0 Å². The lowest BCUT2D eigenvalue weighted by Gasteiger charge is -2.38. The summed E-state index contributed by atoms with van der Waals surface area (Å²) >= 11 is 0. The lowest BCUT2D eigenvalue weighted by molar-refractivity contribution is -0.0119. The van der Waals surface area contributed by atoms with Crippen molar-refractivity contribution in [2.24, 2.45) is 5.16 Å². The first-order valence-electron chi connectivity index (χ1n) is 9.54. The molecule has 0 bridgehead atoms. The molecule has 0 radical (unpaired) electrons. The maximum atomic E-state index is 9.76. The van der Waals surface area contributed by atoms with Crippen molar-refractivity contribution in [1.82, 2.24) is 0 Å². The van der Waals surface area contributed by atoms with Gasteiger partial charge in [-0.05, 0) is 71.6 Å². The van der Waals surface area contributed by atoms with Gasteiger partial charge < -0.3 is 22.9 Å². The van der Waals surface area contributed by atoms with Crippen LogP contribution in [0.25, 0.3) is 0 Å². The largest absolute Gasteiger partial charge is 0.437 e. The Morgan fingerprint density at radius 2 is 1.50 bits per heavy atom. The summed E-state index contributed by atoms with van der Waals surface area (Å²) in [5.74, 6) is 0. The van der Waals surface area contributed by atoms with Gasteiger partial charge in [0.1, 0.15) is 6.61 Å². The summed E-state index contributed by atoms with van der Waals surface area (Å²) in [6, 6.07) is 1.00. The van der Waals surface area contributed by atoms with E-state index in [4.69, 9.17) is 17.8 Å². The average molecular weight is 424 g/mol. The van der Waals surface area contributed by atoms with E-state index in [2.05, 4.69) is 57.7 Å². The van der Waals surface area contributed by atoms with Crippen molar-refractivity contribution >= 4 is 31.9 Å². The molecule has 26 heavy (non-hydrogen) atoms. The Morgan fingerprint density at radius 3 is 1.96 bits per heavy atom. The zero-order valence-corrected chi connectivity index (χ0v) is 21.1. The monoisotopic (exact) mass is 423 g/mol. The number of rotatable bonds is 15. The van der Waals surface area contributed by atoms with Gasteiger partial charge in [0, 0.05) is 19.7 Å². The van der Waals surface area contributed by atoms with Crippen molar-refractivity contribution in [2.45, 2.75) is 90.3 Å². The normalized spacial score (nSPS) is 15.6. The molecule has 9 heteroatoms. The van der Waals surface area contributed by atoms with Gasteiger partial charge in [0.25, 0.3) is 0 Å². The van der Waals surface area contributed by atoms with Crippen molar-refractivity contribution in [1.29, 1.82) is 0 Å². The highest BCUT2D eigenvalue weighted by Crippen LogP contribution is 2.26. The van der Waals surface area contributed by atoms with Gasteiger partial charge in [0.05, 0.1) is 12.2 Å². The molecule has 0 spiro atoms. The van der Waals surface area contributed by atoms with Crippen LogP contribution in [0.3, 0.4) is 0 Å². The van der Waals surface area contributed by atoms with Crippen molar-refractivity contribution < 1.29 is 22.9 Å². The fourth-order valence-electron chi connectivity index (χ4n) is 2.91. The van der Waals surface area contributed by atoms with Crippen LogP contribution in [0.5, 0.6) is 0 Å². The molecule has 1 N–H and O–H groups in total. The molecule has 0 heterocycles. The van der Waals surface area contributed by atoms with E-state index in [1.54, 1.807) is 0 Å². The fraction of sp³-hybridized carbons (Fsp3) is 0.941. The van der Waals surface area contributed by atoms with Gasteiger partial charge in [-0.3, -0.25) is 0 Å². The molecule has 2 atom stereocenters. The molecule has 0 aromatic heterocycles. The molecule has 0 aliphatic heterocycles. The highest BCUT2D eigenvalue weighted by Gasteiger charge is 2.39. The number of ether oxygens (including phenoxy) is 1. The van der Waals surface area contributed by atoms with E-state index in [0.717, 1.165) is 18.9 Å². The molecule has 0 aromatic rings. The second kappa shape index (κ2) is 11.7. The summed E-state index contributed by atoms with van der Waals surface area (Å²) in [6.07, 6.45) is 1.94. The van der Waals surface area contributed by atoms with Gasteiger partial charge in [-0.1, -0.05) is 0 Å². The number of nitrogens with zero attached hydrogens (tertiary/aromatic N) is 1. The lowest BCUT2D eigenvalue weighted by Crippen LogP contribution is -2.52. The SMILES string of the molecule is C=NOCC(O)CC(C)OCCCC[Si](C)(O[Si](C)(C)C)O[Si](C)(C)C. The summed E-state index contributed by atoms with van der Waals surface area (Å²) in [5.41, 5.74) is 0. The van der Waals surface area contributed by atoms with E-state index in [9.17, 15) is 5.11 Å². The van der Waals surface area contributed by atoms with E-state index in [-0.39, 0.29) is 12.7 Å². The van der Waals surface area contributed by atoms with Crippen LogP contribution < -0.4 is 0 Å². The minimum Gasteiger partial charge on any atom is -0.437 e. The van der Waals surface area contributed by atoms with Crippen molar-refractivity contribution in [2.75, 3.05) is 13.2 Å². The van der Waals surface area contributed by atoms with Crippen LogP contribution in [-0.4, -0.2) is 62.4 Å². The van der Waals surface area contributed by atoms with Crippen molar-refractivity contribution in [3.8, 4) is 0 Å². The molecule has 0 saturated heterocycles. The fourth-order valence-corrected chi connectivity index (χ4v) is 15.5. The lowest BCUT2D eigenvalue weighted by atomic mass is 10.2. The van der Waals surface area contributed by atoms with E-state index < -0.39 is 31.3 Å². The first-order valence-corrected chi connectivity index (χ1v) is 18.9. The molecular weight excluding hydrogens is 382 g/mol. The maximum absolute atomic E-state index is 9.76. The molecule has 0 aliphatic rings. The predicted molar refractivity (Wildman–Crippen MR) is 116 cm³/mol.